The number of carbonyl (C=O) groups is 1. The molecule has 0 aliphatic carbocycles. The molecule has 0 aromatic rings. The zero-order valence-electron chi connectivity index (χ0n) is 8.12. The molecule has 13 heavy (non-hydrogen) atoms. The smallest absolute Gasteiger partial charge is 0.414 e. The first-order valence-corrected chi connectivity index (χ1v) is 4.57. The van der Waals surface area contributed by atoms with Gasteiger partial charge < -0.3 is 9.47 Å². The Morgan fingerprint density at radius 3 is 2.54 bits per heavy atom. The van der Waals surface area contributed by atoms with Crippen LogP contribution < -0.4 is 5.32 Å². The van der Waals surface area contributed by atoms with Gasteiger partial charge in [0.25, 0.3) is 5.17 Å². The van der Waals surface area contributed by atoms with Crippen LogP contribution in [0, 0.1) is 5.92 Å². The van der Waals surface area contributed by atoms with Gasteiger partial charge in [0.1, 0.15) is 0 Å². The van der Waals surface area contributed by atoms with E-state index in [1.807, 2.05) is 13.8 Å². The van der Waals surface area contributed by atoms with Crippen molar-refractivity contribution < 1.29 is 14.3 Å². The van der Waals surface area contributed by atoms with Crippen molar-refractivity contribution in [2.24, 2.45) is 5.92 Å². The van der Waals surface area contributed by atoms with Crippen LogP contribution in [0.3, 0.4) is 0 Å². The van der Waals surface area contributed by atoms with Gasteiger partial charge in [-0.1, -0.05) is 13.8 Å². The van der Waals surface area contributed by atoms with Crippen molar-refractivity contribution in [3.8, 4) is 0 Å². The summed E-state index contributed by atoms with van der Waals surface area (Å²) in [6, 6.07) is 0. The van der Waals surface area contributed by atoms with E-state index in [2.05, 4.69) is 10.1 Å². The fourth-order valence-electron chi connectivity index (χ4n) is 0.529. The molecule has 0 unspecified atom stereocenters. The second-order valence-electron chi connectivity index (χ2n) is 2.84. The molecule has 1 N–H and O–H groups in total. The molecule has 0 fully saturated rings. The zero-order chi connectivity index (χ0) is 10.3. The van der Waals surface area contributed by atoms with Crippen LogP contribution in [0.5, 0.6) is 0 Å². The Labute approximate surface area is 83.6 Å². The number of rotatable bonds is 3. The second-order valence-corrected chi connectivity index (χ2v) is 3.21. The highest BCUT2D eigenvalue weighted by Crippen LogP contribution is 1.92. The quantitative estimate of drug-likeness (QED) is 0.712. The first kappa shape index (κ1) is 12.2. The van der Waals surface area contributed by atoms with Crippen molar-refractivity contribution in [1.29, 1.82) is 0 Å². The number of alkyl carbamates (subject to hydrolysis) is 1. The van der Waals surface area contributed by atoms with Gasteiger partial charge in [-0.3, -0.25) is 5.32 Å². The first-order chi connectivity index (χ1) is 6.06. The number of hydrogen-bond acceptors (Lipinski definition) is 4. The average Bonchev–Trinajstić information content (AvgIpc) is 2.01. The van der Waals surface area contributed by atoms with E-state index < -0.39 is 6.09 Å². The molecule has 5 heteroatoms. The van der Waals surface area contributed by atoms with Crippen molar-refractivity contribution in [3.63, 3.8) is 0 Å². The van der Waals surface area contributed by atoms with Crippen molar-refractivity contribution >= 4 is 23.5 Å². The van der Waals surface area contributed by atoms with Crippen LogP contribution in [0.1, 0.15) is 20.8 Å². The molecule has 0 aromatic heterocycles. The molecule has 0 aliphatic heterocycles. The summed E-state index contributed by atoms with van der Waals surface area (Å²) in [5, 5.41) is 2.35. The van der Waals surface area contributed by atoms with E-state index in [1.54, 1.807) is 6.92 Å². The molecule has 0 aliphatic rings. The van der Waals surface area contributed by atoms with Gasteiger partial charge in [0.2, 0.25) is 0 Å². The molecule has 0 atom stereocenters. The molecule has 0 saturated carbocycles. The molecule has 1 amide bonds. The Hall–Kier alpha value is -0.840. The van der Waals surface area contributed by atoms with E-state index in [0.29, 0.717) is 19.1 Å². The van der Waals surface area contributed by atoms with Crippen LogP contribution >= 0.6 is 12.2 Å². The van der Waals surface area contributed by atoms with Crippen LogP contribution in [-0.2, 0) is 9.47 Å². The fraction of sp³-hybridized carbons (Fsp3) is 0.750. The minimum atomic E-state index is -0.573. The maximum Gasteiger partial charge on any atom is 0.414 e. The fourth-order valence-corrected chi connectivity index (χ4v) is 0.680. The summed E-state index contributed by atoms with van der Waals surface area (Å²) < 4.78 is 9.64. The van der Waals surface area contributed by atoms with Crippen molar-refractivity contribution in [2.45, 2.75) is 20.8 Å². The van der Waals surface area contributed by atoms with Crippen molar-refractivity contribution in [2.75, 3.05) is 13.2 Å². The van der Waals surface area contributed by atoms with Gasteiger partial charge in [0, 0.05) is 0 Å². The molecule has 0 spiro atoms. The predicted octanol–water partition coefficient (Wildman–Crippen LogP) is 1.69. The molecular weight excluding hydrogens is 190 g/mol. The van der Waals surface area contributed by atoms with E-state index in [-0.39, 0.29) is 5.17 Å². The van der Waals surface area contributed by atoms with Gasteiger partial charge in [-0.25, -0.2) is 4.79 Å². The van der Waals surface area contributed by atoms with Gasteiger partial charge in [0.15, 0.2) is 0 Å². The minimum absolute atomic E-state index is 0.0622. The number of thiocarbonyl (C=S) groups is 1. The van der Waals surface area contributed by atoms with Gasteiger partial charge in [0.05, 0.1) is 13.2 Å². The molecule has 4 nitrogen and oxygen atoms in total. The molecule has 0 saturated heterocycles. The maximum absolute atomic E-state index is 10.8. The van der Waals surface area contributed by atoms with Gasteiger partial charge in [-0.2, -0.15) is 0 Å². The Morgan fingerprint density at radius 2 is 2.08 bits per heavy atom. The Morgan fingerprint density at radius 1 is 1.46 bits per heavy atom. The van der Waals surface area contributed by atoms with Crippen molar-refractivity contribution in [3.05, 3.63) is 0 Å². The molecule has 76 valence electrons. The monoisotopic (exact) mass is 205 g/mol. The Balaban J connectivity index is 3.56. The lowest BCUT2D eigenvalue weighted by Crippen LogP contribution is -2.32. The van der Waals surface area contributed by atoms with Gasteiger partial charge in [-0.05, 0) is 25.1 Å². The van der Waals surface area contributed by atoms with Crippen molar-refractivity contribution in [1.82, 2.24) is 5.32 Å². The molecule has 0 aromatic carbocycles. The molecule has 0 heterocycles. The zero-order valence-corrected chi connectivity index (χ0v) is 8.94. The summed E-state index contributed by atoms with van der Waals surface area (Å²) in [6.45, 7) is 6.52. The number of ether oxygens (including phenoxy) is 2. The largest absolute Gasteiger partial charge is 0.470 e. The number of hydrogen-bond donors (Lipinski definition) is 1. The lowest BCUT2D eigenvalue weighted by molar-refractivity contribution is 0.153. The number of amides is 1. The van der Waals surface area contributed by atoms with E-state index in [4.69, 9.17) is 17.0 Å². The van der Waals surface area contributed by atoms with Crippen LogP contribution in [-0.4, -0.2) is 24.5 Å². The third-order valence-electron chi connectivity index (χ3n) is 1.03. The van der Waals surface area contributed by atoms with E-state index in [1.165, 1.54) is 0 Å². The standard InChI is InChI=1S/C8H15NO3S/c1-4-11-7(10)9-8(13)12-5-6(2)3/h6H,4-5H2,1-3H3,(H,9,10,13). The maximum atomic E-state index is 10.8. The SMILES string of the molecule is CCOC(=O)NC(=S)OCC(C)C. The lowest BCUT2D eigenvalue weighted by atomic mass is 10.2. The molecule has 0 bridgehead atoms. The van der Waals surface area contributed by atoms with E-state index >= 15 is 0 Å². The van der Waals surface area contributed by atoms with Gasteiger partial charge in [-0.15, -0.1) is 0 Å². The molecular formula is C8H15NO3S. The highest BCUT2D eigenvalue weighted by atomic mass is 32.1. The third-order valence-corrected chi connectivity index (χ3v) is 1.25. The summed E-state index contributed by atoms with van der Waals surface area (Å²) in [6.07, 6.45) is -0.573. The lowest BCUT2D eigenvalue weighted by Gasteiger charge is -2.09. The Kier molecular flexibility index (Phi) is 6.22. The highest BCUT2D eigenvalue weighted by Gasteiger charge is 2.05. The molecule has 0 rings (SSSR count). The normalized spacial score (nSPS) is 9.54. The number of nitrogens with one attached hydrogen (secondary N) is 1. The van der Waals surface area contributed by atoms with Gasteiger partial charge >= 0.3 is 6.09 Å². The van der Waals surface area contributed by atoms with E-state index in [9.17, 15) is 4.79 Å². The average molecular weight is 205 g/mol. The highest BCUT2D eigenvalue weighted by molar-refractivity contribution is 7.80. The van der Waals surface area contributed by atoms with Crippen LogP contribution in [0.15, 0.2) is 0 Å². The van der Waals surface area contributed by atoms with Crippen LogP contribution in [0.4, 0.5) is 4.79 Å². The number of carbonyl (C=O) groups excluding carboxylic acids is 1. The van der Waals surface area contributed by atoms with E-state index in [0.717, 1.165) is 0 Å². The first-order valence-electron chi connectivity index (χ1n) is 4.16. The summed E-state index contributed by atoms with van der Waals surface area (Å²) in [7, 11) is 0. The second kappa shape index (κ2) is 6.65. The summed E-state index contributed by atoms with van der Waals surface area (Å²) >= 11 is 4.73. The summed E-state index contributed by atoms with van der Waals surface area (Å²) in [5.74, 6) is 0.377. The predicted molar refractivity (Wildman–Crippen MR) is 53.5 cm³/mol. The topological polar surface area (TPSA) is 47.6 Å². The summed E-state index contributed by atoms with van der Waals surface area (Å²) in [5.41, 5.74) is 0. The summed E-state index contributed by atoms with van der Waals surface area (Å²) in [4.78, 5) is 10.8. The minimum Gasteiger partial charge on any atom is -0.470 e. The third kappa shape index (κ3) is 7.52. The Bertz CT molecular complexity index is 182. The van der Waals surface area contributed by atoms with Crippen LogP contribution in [0.2, 0.25) is 0 Å². The molecule has 0 radical (unpaired) electrons. The van der Waals surface area contributed by atoms with Crippen LogP contribution in [0.25, 0.3) is 0 Å².